The lowest BCUT2D eigenvalue weighted by Gasteiger charge is -2.09. The molecule has 1 fully saturated rings. The topological polar surface area (TPSA) is 44.2 Å². The van der Waals surface area contributed by atoms with Crippen molar-refractivity contribution in [3.8, 4) is 11.8 Å². The lowest BCUT2D eigenvalue weighted by Crippen LogP contribution is -2.09. The van der Waals surface area contributed by atoms with Gasteiger partial charge < -0.3 is 9.47 Å². The van der Waals surface area contributed by atoms with Gasteiger partial charge in [-0.2, -0.15) is 9.97 Å². The van der Waals surface area contributed by atoms with Crippen LogP contribution in [0.15, 0.2) is 6.07 Å². The monoisotopic (exact) mass is 286 g/mol. The van der Waals surface area contributed by atoms with Gasteiger partial charge in [0.25, 0.3) is 0 Å². The maximum Gasteiger partial charge on any atom is 0.220 e. The van der Waals surface area contributed by atoms with Gasteiger partial charge in [0.2, 0.25) is 11.8 Å². The van der Waals surface area contributed by atoms with Gasteiger partial charge in [-0.05, 0) is 18.8 Å². The summed E-state index contributed by atoms with van der Waals surface area (Å²) < 4.78 is 10.2. The number of ether oxygens (including phenoxy) is 2. The SMILES string of the molecule is COc1cc(OC)nc(CC(Br)C2CC2)n1. The molecule has 1 aliphatic carbocycles. The van der Waals surface area contributed by atoms with Crippen molar-refractivity contribution in [2.24, 2.45) is 5.92 Å². The summed E-state index contributed by atoms with van der Waals surface area (Å²) in [5, 5.41) is 0. The van der Waals surface area contributed by atoms with Crippen LogP contribution < -0.4 is 9.47 Å². The second-order valence-corrected chi connectivity index (χ2v) is 5.10. The van der Waals surface area contributed by atoms with Gasteiger partial charge in [0.1, 0.15) is 5.82 Å². The van der Waals surface area contributed by atoms with Crippen LogP contribution in [-0.2, 0) is 6.42 Å². The number of aromatic nitrogens is 2. The van der Waals surface area contributed by atoms with Gasteiger partial charge in [-0.15, -0.1) is 0 Å². The fourth-order valence-corrected chi connectivity index (χ4v) is 2.37. The third-order valence-corrected chi connectivity index (χ3v) is 3.73. The van der Waals surface area contributed by atoms with Crippen LogP contribution in [-0.4, -0.2) is 29.0 Å². The molecule has 1 unspecified atom stereocenters. The van der Waals surface area contributed by atoms with Gasteiger partial charge in [-0.25, -0.2) is 0 Å². The van der Waals surface area contributed by atoms with Crippen LogP contribution in [0.25, 0.3) is 0 Å². The van der Waals surface area contributed by atoms with Gasteiger partial charge >= 0.3 is 0 Å². The normalized spacial score (nSPS) is 16.9. The third-order valence-electron chi connectivity index (χ3n) is 2.65. The van der Waals surface area contributed by atoms with Gasteiger partial charge in [0.05, 0.1) is 20.3 Å². The number of alkyl halides is 1. The zero-order chi connectivity index (χ0) is 11.5. The van der Waals surface area contributed by atoms with Crippen LogP contribution in [0, 0.1) is 5.92 Å². The molecule has 0 bridgehead atoms. The van der Waals surface area contributed by atoms with Crippen LogP contribution in [0.5, 0.6) is 11.8 Å². The van der Waals surface area contributed by atoms with E-state index < -0.39 is 0 Å². The van der Waals surface area contributed by atoms with Gasteiger partial charge in [0.15, 0.2) is 0 Å². The van der Waals surface area contributed by atoms with E-state index in [1.165, 1.54) is 12.8 Å². The van der Waals surface area contributed by atoms with Crippen molar-refractivity contribution in [2.45, 2.75) is 24.1 Å². The van der Waals surface area contributed by atoms with Gasteiger partial charge in [-0.1, -0.05) is 15.9 Å². The van der Waals surface area contributed by atoms with Crippen LogP contribution >= 0.6 is 15.9 Å². The number of nitrogens with zero attached hydrogens (tertiary/aromatic N) is 2. The molecular formula is C11H15BrN2O2. The summed E-state index contributed by atoms with van der Waals surface area (Å²) in [5.74, 6) is 2.65. The largest absolute Gasteiger partial charge is 0.481 e. The molecule has 4 nitrogen and oxygen atoms in total. The summed E-state index contributed by atoms with van der Waals surface area (Å²) in [4.78, 5) is 9.08. The predicted octanol–water partition coefficient (Wildman–Crippen LogP) is 2.21. The van der Waals surface area contributed by atoms with Crippen molar-refractivity contribution >= 4 is 15.9 Å². The molecule has 0 aromatic carbocycles. The molecule has 1 saturated carbocycles. The van der Waals surface area contributed by atoms with Crippen LogP contribution in [0.4, 0.5) is 0 Å². The van der Waals surface area contributed by atoms with E-state index in [2.05, 4.69) is 25.9 Å². The highest BCUT2D eigenvalue weighted by Crippen LogP contribution is 2.38. The minimum absolute atomic E-state index is 0.462. The van der Waals surface area contributed by atoms with Crippen molar-refractivity contribution in [3.63, 3.8) is 0 Å². The van der Waals surface area contributed by atoms with Crippen molar-refractivity contribution < 1.29 is 9.47 Å². The van der Waals surface area contributed by atoms with Crippen molar-refractivity contribution in [2.75, 3.05) is 14.2 Å². The molecule has 0 N–H and O–H groups in total. The molecule has 0 spiro atoms. The maximum absolute atomic E-state index is 5.11. The first-order valence-electron chi connectivity index (χ1n) is 5.33. The van der Waals surface area contributed by atoms with E-state index in [0.29, 0.717) is 16.6 Å². The van der Waals surface area contributed by atoms with Crippen LogP contribution in [0.2, 0.25) is 0 Å². The summed E-state index contributed by atoms with van der Waals surface area (Å²) in [6.07, 6.45) is 3.42. The highest BCUT2D eigenvalue weighted by Gasteiger charge is 2.30. The lowest BCUT2D eigenvalue weighted by atomic mass is 10.2. The first-order valence-corrected chi connectivity index (χ1v) is 6.24. The van der Waals surface area contributed by atoms with E-state index in [4.69, 9.17) is 9.47 Å². The molecule has 1 atom stereocenters. The highest BCUT2D eigenvalue weighted by molar-refractivity contribution is 9.09. The predicted molar refractivity (Wildman–Crippen MR) is 64.3 cm³/mol. The van der Waals surface area contributed by atoms with E-state index in [1.54, 1.807) is 20.3 Å². The Morgan fingerprint density at radius 2 is 1.88 bits per heavy atom. The molecule has 1 heterocycles. The molecule has 0 saturated heterocycles. The number of hydrogen-bond donors (Lipinski definition) is 0. The van der Waals surface area contributed by atoms with E-state index in [9.17, 15) is 0 Å². The zero-order valence-corrected chi connectivity index (χ0v) is 11.0. The summed E-state index contributed by atoms with van der Waals surface area (Å²) in [5.41, 5.74) is 0. The van der Waals surface area contributed by atoms with Gasteiger partial charge in [0, 0.05) is 11.2 Å². The summed E-state index contributed by atoms with van der Waals surface area (Å²) in [6, 6.07) is 1.68. The average molecular weight is 287 g/mol. The Labute approximate surface area is 104 Å². The Kier molecular flexibility index (Phi) is 3.63. The summed E-state index contributed by atoms with van der Waals surface area (Å²) >= 11 is 3.67. The van der Waals surface area contributed by atoms with E-state index in [1.807, 2.05) is 0 Å². The standard InChI is InChI=1S/C11H15BrN2O2/c1-15-10-6-11(16-2)14-9(13-10)5-8(12)7-3-4-7/h6-8H,3-5H2,1-2H3. The number of halogens is 1. The van der Waals surface area contributed by atoms with E-state index >= 15 is 0 Å². The van der Waals surface area contributed by atoms with E-state index in [-0.39, 0.29) is 0 Å². The Balaban J connectivity index is 2.11. The van der Waals surface area contributed by atoms with Crippen molar-refractivity contribution in [3.05, 3.63) is 11.9 Å². The first-order chi connectivity index (χ1) is 7.72. The highest BCUT2D eigenvalue weighted by atomic mass is 79.9. The Morgan fingerprint density at radius 3 is 2.31 bits per heavy atom. The second kappa shape index (κ2) is 4.99. The number of rotatable bonds is 5. The molecule has 16 heavy (non-hydrogen) atoms. The number of hydrogen-bond acceptors (Lipinski definition) is 4. The third kappa shape index (κ3) is 2.84. The molecule has 1 aromatic rings. The fourth-order valence-electron chi connectivity index (χ4n) is 1.55. The van der Waals surface area contributed by atoms with Crippen LogP contribution in [0.3, 0.4) is 0 Å². The van der Waals surface area contributed by atoms with Gasteiger partial charge in [-0.3, -0.25) is 0 Å². The molecule has 0 amide bonds. The minimum Gasteiger partial charge on any atom is -0.481 e. The fraction of sp³-hybridized carbons (Fsp3) is 0.636. The Hall–Kier alpha value is -0.840. The summed E-state index contributed by atoms with van der Waals surface area (Å²) in [7, 11) is 3.19. The Morgan fingerprint density at radius 1 is 1.31 bits per heavy atom. The molecule has 1 aromatic heterocycles. The molecule has 1 aliphatic rings. The smallest absolute Gasteiger partial charge is 0.220 e. The molecule has 0 aliphatic heterocycles. The lowest BCUT2D eigenvalue weighted by molar-refractivity contribution is 0.368. The number of methoxy groups -OCH3 is 2. The zero-order valence-electron chi connectivity index (χ0n) is 9.44. The molecule has 5 heteroatoms. The molecule has 2 rings (SSSR count). The van der Waals surface area contributed by atoms with Crippen molar-refractivity contribution in [1.29, 1.82) is 0 Å². The first kappa shape index (κ1) is 11.6. The Bertz CT molecular complexity index is 347. The van der Waals surface area contributed by atoms with Crippen LogP contribution in [0.1, 0.15) is 18.7 Å². The summed E-state index contributed by atoms with van der Waals surface area (Å²) in [6.45, 7) is 0. The molecular weight excluding hydrogens is 272 g/mol. The second-order valence-electron chi connectivity index (χ2n) is 3.93. The quantitative estimate of drug-likeness (QED) is 0.779. The maximum atomic E-state index is 5.11. The van der Waals surface area contributed by atoms with Crippen molar-refractivity contribution in [1.82, 2.24) is 9.97 Å². The minimum atomic E-state index is 0.462. The molecule has 88 valence electrons. The van der Waals surface area contributed by atoms with E-state index in [0.717, 1.165) is 18.2 Å². The molecule has 0 radical (unpaired) electrons. The average Bonchev–Trinajstić information content (AvgIpc) is 3.12.